The fourth-order valence-electron chi connectivity index (χ4n) is 1.42. The number of pyridine rings is 1. The van der Waals surface area contributed by atoms with E-state index in [0.717, 1.165) is 18.5 Å². The van der Waals surface area contributed by atoms with Gasteiger partial charge in [-0.05, 0) is 25.0 Å². The van der Waals surface area contributed by atoms with Crippen molar-refractivity contribution in [2.45, 2.75) is 18.3 Å². The average Bonchev–Trinajstić information content (AvgIpc) is 2.83. The summed E-state index contributed by atoms with van der Waals surface area (Å²) in [5.41, 5.74) is 6.42. The van der Waals surface area contributed by atoms with Crippen LogP contribution in [0.4, 0.5) is 0 Å². The summed E-state index contributed by atoms with van der Waals surface area (Å²) in [6.07, 6.45) is 3.68. The largest absolute Gasteiger partial charge is 0.393 e. The van der Waals surface area contributed by atoms with Gasteiger partial charge in [-0.1, -0.05) is 23.8 Å². The zero-order valence-electron chi connectivity index (χ0n) is 6.96. The summed E-state index contributed by atoms with van der Waals surface area (Å²) in [5, 5.41) is 0.688. The highest BCUT2D eigenvalue weighted by atomic mass is 35.5. The quantitative estimate of drug-likeness (QED) is 0.763. The Bertz CT molecular complexity index is 360. The number of nitrogens with two attached hydrogens (primary N) is 1. The van der Waals surface area contributed by atoms with Gasteiger partial charge in [-0.2, -0.15) is 0 Å². The van der Waals surface area contributed by atoms with Crippen LogP contribution in [0, 0.1) is 0 Å². The van der Waals surface area contributed by atoms with Crippen molar-refractivity contribution >= 4 is 28.8 Å². The Morgan fingerprint density at radius 1 is 1.62 bits per heavy atom. The first-order chi connectivity index (χ1) is 6.15. The second-order valence-corrected chi connectivity index (χ2v) is 4.18. The molecular weight excluding hydrogens is 204 g/mol. The fourth-order valence-corrected chi connectivity index (χ4v) is 1.89. The molecule has 0 aromatic carbocycles. The Kier molecular flexibility index (Phi) is 2.00. The molecule has 1 heterocycles. The van der Waals surface area contributed by atoms with Crippen molar-refractivity contribution in [1.29, 1.82) is 0 Å². The fraction of sp³-hybridized carbons (Fsp3) is 0.333. The van der Waals surface area contributed by atoms with Crippen molar-refractivity contribution in [3.05, 3.63) is 29.0 Å². The molecule has 0 bridgehead atoms. The molecule has 0 spiro atoms. The van der Waals surface area contributed by atoms with Crippen molar-refractivity contribution in [3.63, 3.8) is 0 Å². The van der Waals surface area contributed by atoms with Gasteiger partial charge in [0.25, 0.3) is 0 Å². The van der Waals surface area contributed by atoms with Crippen LogP contribution >= 0.6 is 23.8 Å². The molecule has 0 saturated heterocycles. The third-order valence-corrected chi connectivity index (χ3v) is 3.06. The molecule has 1 aromatic rings. The van der Waals surface area contributed by atoms with Gasteiger partial charge in [0.1, 0.15) is 0 Å². The average molecular weight is 213 g/mol. The van der Waals surface area contributed by atoms with Gasteiger partial charge in [0, 0.05) is 11.2 Å². The number of hydrogen-bond donors (Lipinski definition) is 1. The minimum atomic E-state index is -0.153. The highest BCUT2D eigenvalue weighted by molar-refractivity contribution is 7.80. The Morgan fingerprint density at radius 2 is 2.31 bits per heavy atom. The Labute approximate surface area is 87.1 Å². The van der Waals surface area contributed by atoms with Crippen molar-refractivity contribution in [2.75, 3.05) is 0 Å². The maximum Gasteiger partial charge on any atom is 0.0850 e. The number of halogens is 1. The standard InChI is InChI=1S/C9H9ClN2S/c10-6-1-4-12-7(5-6)9(2-3-9)8(11)13/h1,4-5H,2-3H2,(H2,11,13). The molecule has 1 aliphatic rings. The molecule has 68 valence electrons. The normalized spacial score (nSPS) is 18.2. The molecule has 0 atom stereocenters. The molecule has 2 N–H and O–H groups in total. The molecular formula is C9H9ClN2S. The molecule has 13 heavy (non-hydrogen) atoms. The van der Waals surface area contributed by atoms with Gasteiger partial charge in [0.05, 0.1) is 16.1 Å². The monoisotopic (exact) mass is 212 g/mol. The summed E-state index contributed by atoms with van der Waals surface area (Å²) in [6, 6.07) is 3.59. The highest BCUT2D eigenvalue weighted by Gasteiger charge is 2.48. The van der Waals surface area contributed by atoms with Gasteiger partial charge in [0.15, 0.2) is 0 Å². The van der Waals surface area contributed by atoms with Crippen molar-refractivity contribution < 1.29 is 0 Å². The van der Waals surface area contributed by atoms with Gasteiger partial charge < -0.3 is 5.73 Å². The summed E-state index contributed by atoms with van der Waals surface area (Å²) in [7, 11) is 0. The second-order valence-electron chi connectivity index (χ2n) is 3.31. The Morgan fingerprint density at radius 3 is 2.77 bits per heavy atom. The van der Waals surface area contributed by atoms with Crippen molar-refractivity contribution in [3.8, 4) is 0 Å². The maximum absolute atomic E-state index is 5.86. The van der Waals surface area contributed by atoms with Gasteiger partial charge in [-0.3, -0.25) is 4.98 Å². The first kappa shape index (κ1) is 8.91. The van der Waals surface area contributed by atoms with Gasteiger partial charge >= 0.3 is 0 Å². The van der Waals surface area contributed by atoms with Crippen LogP contribution in [-0.4, -0.2) is 9.97 Å². The predicted molar refractivity (Wildman–Crippen MR) is 56.9 cm³/mol. The molecule has 0 aliphatic heterocycles. The molecule has 1 fully saturated rings. The van der Waals surface area contributed by atoms with Gasteiger partial charge in [-0.25, -0.2) is 0 Å². The zero-order valence-corrected chi connectivity index (χ0v) is 8.53. The van der Waals surface area contributed by atoms with E-state index in [1.807, 2.05) is 6.07 Å². The minimum Gasteiger partial charge on any atom is -0.393 e. The number of nitrogens with zero attached hydrogens (tertiary/aromatic N) is 1. The van der Waals surface area contributed by atoms with E-state index >= 15 is 0 Å². The third kappa shape index (κ3) is 1.42. The molecule has 2 nitrogen and oxygen atoms in total. The Balaban J connectivity index is 2.41. The lowest BCUT2D eigenvalue weighted by molar-refractivity contribution is 0.892. The first-order valence-electron chi connectivity index (χ1n) is 4.07. The van der Waals surface area contributed by atoms with E-state index in [-0.39, 0.29) is 5.41 Å². The van der Waals surface area contributed by atoms with Crippen LogP contribution < -0.4 is 5.73 Å². The lowest BCUT2D eigenvalue weighted by Crippen LogP contribution is -2.27. The van der Waals surface area contributed by atoms with Crippen molar-refractivity contribution in [1.82, 2.24) is 4.98 Å². The molecule has 2 rings (SSSR count). The first-order valence-corrected chi connectivity index (χ1v) is 4.86. The van der Waals surface area contributed by atoms with Gasteiger partial charge in [0.2, 0.25) is 0 Å². The lowest BCUT2D eigenvalue weighted by Gasteiger charge is -2.12. The number of thiocarbonyl (C=S) groups is 1. The number of aromatic nitrogens is 1. The van der Waals surface area contributed by atoms with Crippen LogP contribution in [0.2, 0.25) is 5.02 Å². The number of hydrogen-bond acceptors (Lipinski definition) is 2. The summed E-state index contributed by atoms with van der Waals surface area (Å²) in [4.78, 5) is 4.77. The summed E-state index contributed by atoms with van der Waals surface area (Å²) < 4.78 is 0. The van der Waals surface area contributed by atoms with Gasteiger partial charge in [-0.15, -0.1) is 0 Å². The topological polar surface area (TPSA) is 38.9 Å². The van der Waals surface area contributed by atoms with E-state index in [1.54, 1.807) is 12.3 Å². The van der Waals surface area contributed by atoms with Crippen LogP contribution in [0.1, 0.15) is 18.5 Å². The molecule has 0 radical (unpaired) electrons. The van der Waals surface area contributed by atoms with Crippen LogP contribution in [-0.2, 0) is 5.41 Å². The maximum atomic E-state index is 5.86. The summed E-state index contributed by atoms with van der Waals surface area (Å²) in [5.74, 6) is 0. The molecule has 1 aliphatic carbocycles. The van der Waals surface area contributed by atoms with E-state index < -0.39 is 0 Å². The third-order valence-electron chi connectivity index (χ3n) is 2.43. The van der Waals surface area contributed by atoms with E-state index in [4.69, 9.17) is 29.6 Å². The smallest absolute Gasteiger partial charge is 0.0850 e. The highest BCUT2D eigenvalue weighted by Crippen LogP contribution is 2.47. The second kappa shape index (κ2) is 2.93. The molecule has 0 unspecified atom stereocenters. The van der Waals surface area contributed by atoms with Crippen LogP contribution in [0.25, 0.3) is 0 Å². The van der Waals surface area contributed by atoms with Crippen LogP contribution in [0.5, 0.6) is 0 Å². The zero-order chi connectivity index (χ0) is 9.47. The molecule has 4 heteroatoms. The SMILES string of the molecule is NC(=S)C1(c2cc(Cl)ccn2)CC1. The van der Waals surface area contributed by atoms with Crippen molar-refractivity contribution in [2.24, 2.45) is 5.73 Å². The number of rotatable bonds is 2. The van der Waals surface area contributed by atoms with E-state index in [2.05, 4.69) is 4.98 Å². The predicted octanol–water partition coefficient (Wildman–Crippen LogP) is 2.05. The molecule has 1 saturated carbocycles. The Hall–Kier alpha value is -0.670. The van der Waals surface area contributed by atoms with E-state index in [1.165, 1.54) is 0 Å². The molecule has 0 amide bonds. The summed E-state index contributed by atoms with van der Waals surface area (Å²) in [6.45, 7) is 0. The van der Waals surface area contributed by atoms with E-state index in [0.29, 0.717) is 10.0 Å². The summed E-state index contributed by atoms with van der Waals surface area (Å²) >= 11 is 10.9. The minimum absolute atomic E-state index is 0.153. The van der Waals surface area contributed by atoms with Crippen LogP contribution in [0.15, 0.2) is 18.3 Å². The van der Waals surface area contributed by atoms with E-state index in [9.17, 15) is 0 Å². The lowest BCUT2D eigenvalue weighted by atomic mass is 10.0. The van der Waals surface area contributed by atoms with Crippen LogP contribution in [0.3, 0.4) is 0 Å². The molecule has 1 aromatic heterocycles.